The Hall–Kier alpha value is -2.40. The first-order chi connectivity index (χ1) is 11.7. The quantitative estimate of drug-likeness (QED) is 0.866. The average Bonchev–Trinajstić information content (AvgIpc) is 2.67. The van der Waals surface area contributed by atoms with E-state index >= 15 is 0 Å². The molecule has 2 aromatic rings. The molecule has 0 unspecified atom stereocenters. The van der Waals surface area contributed by atoms with E-state index in [1.807, 2.05) is 42.5 Å². The second-order valence-corrected chi connectivity index (χ2v) is 6.02. The van der Waals surface area contributed by atoms with Crippen LogP contribution in [0.15, 0.2) is 48.7 Å². The fraction of sp³-hybridized carbons (Fsp3) is 0.368. The number of carbonyl (C=O) groups is 1. The highest BCUT2D eigenvalue weighted by atomic mass is 16.2. The fourth-order valence-electron chi connectivity index (χ4n) is 3.00. The Morgan fingerprint density at radius 1 is 1.12 bits per heavy atom. The fourth-order valence-corrected chi connectivity index (χ4v) is 3.00. The van der Waals surface area contributed by atoms with Gasteiger partial charge in [0.15, 0.2) is 0 Å². The molecule has 1 aliphatic heterocycles. The van der Waals surface area contributed by atoms with Gasteiger partial charge in [-0.1, -0.05) is 25.1 Å². The molecule has 2 heterocycles. The van der Waals surface area contributed by atoms with Crippen molar-refractivity contribution < 1.29 is 4.79 Å². The van der Waals surface area contributed by atoms with Crippen LogP contribution in [0.25, 0.3) is 0 Å². The van der Waals surface area contributed by atoms with Crippen molar-refractivity contribution in [2.45, 2.75) is 6.92 Å². The monoisotopic (exact) mass is 324 g/mol. The number of piperazine rings is 1. The molecule has 1 fully saturated rings. The topological polar surface area (TPSA) is 39.7 Å². The molecule has 1 aromatic heterocycles. The summed E-state index contributed by atoms with van der Waals surface area (Å²) >= 11 is 0. The first-order valence-corrected chi connectivity index (χ1v) is 8.45. The summed E-state index contributed by atoms with van der Waals surface area (Å²) in [6.07, 6.45) is 1.73. The van der Waals surface area contributed by atoms with Crippen molar-refractivity contribution >= 4 is 17.3 Å². The molecule has 0 bridgehead atoms. The van der Waals surface area contributed by atoms with Crippen LogP contribution in [-0.2, 0) is 0 Å². The molecule has 24 heavy (non-hydrogen) atoms. The van der Waals surface area contributed by atoms with E-state index in [0.717, 1.165) is 44.1 Å². The van der Waals surface area contributed by atoms with Crippen LogP contribution < -0.4 is 9.80 Å². The lowest BCUT2D eigenvalue weighted by molar-refractivity contribution is 0.0988. The summed E-state index contributed by atoms with van der Waals surface area (Å²) in [5.74, 6) is -0.0877. The molecule has 5 nitrogen and oxygen atoms in total. The minimum atomic E-state index is -0.0877. The Morgan fingerprint density at radius 3 is 2.50 bits per heavy atom. The molecule has 1 aromatic carbocycles. The number of para-hydroxylation sites is 1. The Balaban J connectivity index is 1.74. The van der Waals surface area contributed by atoms with Crippen LogP contribution in [0.5, 0.6) is 0 Å². The van der Waals surface area contributed by atoms with Crippen LogP contribution >= 0.6 is 0 Å². The number of rotatable bonds is 4. The number of aromatic nitrogens is 1. The molecule has 126 valence electrons. The molecule has 1 amide bonds. The number of carbonyl (C=O) groups excluding carboxylic acids is 1. The second kappa shape index (κ2) is 7.45. The van der Waals surface area contributed by atoms with E-state index in [9.17, 15) is 4.79 Å². The SMILES string of the molecule is CCN1CCN(c2ccnc(C(=O)N(C)c3ccccc3)c2)CC1. The third-order valence-corrected chi connectivity index (χ3v) is 4.60. The minimum absolute atomic E-state index is 0.0877. The third-order valence-electron chi connectivity index (χ3n) is 4.60. The van der Waals surface area contributed by atoms with Gasteiger partial charge in [-0.25, -0.2) is 0 Å². The van der Waals surface area contributed by atoms with Crippen molar-refractivity contribution in [1.82, 2.24) is 9.88 Å². The van der Waals surface area contributed by atoms with Gasteiger partial charge in [0, 0.05) is 50.8 Å². The number of amides is 1. The highest BCUT2D eigenvalue weighted by Gasteiger charge is 2.19. The first-order valence-electron chi connectivity index (χ1n) is 8.45. The van der Waals surface area contributed by atoms with Crippen LogP contribution in [-0.4, -0.2) is 55.6 Å². The number of nitrogens with zero attached hydrogens (tertiary/aromatic N) is 4. The molecule has 1 saturated heterocycles. The lowest BCUT2D eigenvalue weighted by atomic mass is 10.2. The van der Waals surface area contributed by atoms with Crippen molar-refractivity contribution in [2.75, 3.05) is 49.6 Å². The van der Waals surface area contributed by atoms with E-state index in [1.165, 1.54) is 0 Å². The summed E-state index contributed by atoms with van der Waals surface area (Å²) in [4.78, 5) is 23.4. The maximum atomic E-state index is 12.7. The van der Waals surface area contributed by atoms with E-state index in [0.29, 0.717) is 5.69 Å². The highest BCUT2D eigenvalue weighted by Crippen LogP contribution is 2.19. The molecule has 0 aliphatic carbocycles. The number of likely N-dealkylation sites (N-methyl/N-ethyl adjacent to an activating group) is 1. The van der Waals surface area contributed by atoms with Crippen molar-refractivity contribution in [2.24, 2.45) is 0 Å². The van der Waals surface area contributed by atoms with Crippen LogP contribution in [0.2, 0.25) is 0 Å². The average molecular weight is 324 g/mol. The molecule has 0 N–H and O–H groups in total. The Kier molecular flexibility index (Phi) is 5.11. The predicted octanol–water partition coefficient (Wildman–Crippen LogP) is 2.50. The Morgan fingerprint density at radius 2 is 1.83 bits per heavy atom. The number of anilines is 2. The Labute approximate surface area is 143 Å². The first kappa shape index (κ1) is 16.5. The summed E-state index contributed by atoms with van der Waals surface area (Å²) in [6.45, 7) is 7.38. The van der Waals surface area contributed by atoms with Crippen molar-refractivity contribution in [1.29, 1.82) is 0 Å². The largest absolute Gasteiger partial charge is 0.369 e. The van der Waals surface area contributed by atoms with E-state index in [2.05, 4.69) is 21.7 Å². The third kappa shape index (κ3) is 3.57. The molecule has 0 radical (unpaired) electrons. The van der Waals surface area contributed by atoms with Crippen molar-refractivity contribution in [3.63, 3.8) is 0 Å². The lowest BCUT2D eigenvalue weighted by Crippen LogP contribution is -2.46. The van der Waals surface area contributed by atoms with E-state index < -0.39 is 0 Å². The lowest BCUT2D eigenvalue weighted by Gasteiger charge is -2.35. The second-order valence-electron chi connectivity index (χ2n) is 6.02. The molecule has 0 spiro atoms. The summed E-state index contributed by atoms with van der Waals surface area (Å²) in [7, 11) is 1.78. The molecule has 3 rings (SSSR count). The molecular weight excluding hydrogens is 300 g/mol. The van der Waals surface area contributed by atoms with Gasteiger partial charge in [-0.2, -0.15) is 0 Å². The van der Waals surface area contributed by atoms with Crippen molar-refractivity contribution in [3.8, 4) is 0 Å². The minimum Gasteiger partial charge on any atom is -0.369 e. The molecule has 0 atom stereocenters. The zero-order valence-electron chi connectivity index (χ0n) is 14.4. The predicted molar refractivity (Wildman–Crippen MR) is 97.7 cm³/mol. The van der Waals surface area contributed by atoms with Crippen LogP contribution in [0.3, 0.4) is 0 Å². The van der Waals surface area contributed by atoms with Crippen LogP contribution in [0.4, 0.5) is 11.4 Å². The molecule has 0 saturated carbocycles. The maximum Gasteiger partial charge on any atom is 0.276 e. The smallest absolute Gasteiger partial charge is 0.276 e. The highest BCUT2D eigenvalue weighted by molar-refractivity contribution is 6.04. The number of pyridine rings is 1. The van der Waals surface area contributed by atoms with Crippen molar-refractivity contribution in [3.05, 3.63) is 54.4 Å². The standard InChI is InChI=1S/C19H24N4O/c1-3-22-11-13-23(14-12-22)17-9-10-20-18(15-17)19(24)21(2)16-7-5-4-6-8-16/h4-10,15H,3,11-14H2,1-2H3. The molecule has 5 heteroatoms. The van der Waals surface area contributed by atoms with Gasteiger partial charge in [0.2, 0.25) is 0 Å². The van der Waals surface area contributed by atoms with E-state index in [1.54, 1.807) is 18.1 Å². The summed E-state index contributed by atoms with van der Waals surface area (Å²) < 4.78 is 0. The zero-order valence-corrected chi connectivity index (χ0v) is 14.4. The molecular formula is C19H24N4O. The van der Waals surface area contributed by atoms with E-state index in [-0.39, 0.29) is 5.91 Å². The van der Waals surface area contributed by atoms with Crippen LogP contribution in [0, 0.1) is 0 Å². The van der Waals surface area contributed by atoms with Gasteiger partial charge in [0.05, 0.1) is 0 Å². The van der Waals surface area contributed by atoms with Gasteiger partial charge < -0.3 is 14.7 Å². The van der Waals surface area contributed by atoms with Gasteiger partial charge in [-0.3, -0.25) is 9.78 Å². The maximum absolute atomic E-state index is 12.7. The van der Waals surface area contributed by atoms with E-state index in [4.69, 9.17) is 0 Å². The number of benzene rings is 1. The van der Waals surface area contributed by atoms with Gasteiger partial charge in [0.1, 0.15) is 5.69 Å². The zero-order chi connectivity index (χ0) is 16.9. The summed E-state index contributed by atoms with van der Waals surface area (Å²) in [5.41, 5.74) is 2.42. The van der Waals surface area contributed by atoms with Gasteiger partial charge in [0.25, 0.3) is 5.91 Å². The molecule has 1 aliphatic rings. The summed E-state index contributed by atoms with van der Waals surface area (Å²) in [5, 5.41) is 0. The normalized spacial score (nSPS) is 15.3. The van der Waals surface area contributed by atoms with Gasteiger partial charge in [-0.15, -0.1) is 0 Å². The number of hydrogen-bond acceptors (Lipinski definition) is 4. The van der Waals surface area contributed by atoms with Gasteiger partial charge >= 0.3 is 0 Å². The van der Waals surface area contributed by atoms with Gasteiger partial charge in [-0.05, 0) is 30.8 Å². The summed E-state index contributed by atoms with van der Waals surface area (Å²) in [6, 6.07) is 13.5. The Bertz CT molecular complexity index is 681. The number of hydrogen-bond donors (Lipinski definition) is 0. The van der Waals surface area contributed by atoms with Crippen LogP contribution in [0.1, 0.15) is 17.4 Å².